The van der Waals surface area contributed by atoms with Crippen LogP contribution >= 0.6 is 0 Å². The molecule has 2 fully saturated rings. The molecule has 0 radical (unpaired) electrons. The SMILES string of the molecule is CC(=O)OC(c1nc[nH]c1C)C1CCC2=C(C)C3CCCCC3N2C1=O. The Kier molecular flexibility index (Phi) is 4.37. The summed E-state index contributed by atoms with van der Waals surface area (Å²) in [7, 11) is 0. The van der Waals surface area contributed by atoms with E-state index in [-0.39, 0.29) is 17.8 Å². The second-order valence-electron chi connectivity index (χ2n) is 7.88. The number of carbonyl (C=O) groups excluding carboxylic acids is 2. The Hall–Kier alpha value is -2.11. The summed E-state index contributed by atoms with van der Waals surface area (Å²) in [6.07, 6.45) is 7.24. The van der Waals surface area contributed by atoms with Crippen molar-refractivity contribution < 1.29 is 14.3 Å². The van der Waals surface area contributed by atoms with E-state index in [9.17, 15) is 9.59 Å². The lowest BCUT2D eigenvalue weighted by Gasteiger charge is -2.40. The number of rotatable bonds is 3. The van der Waals surface area contributed by atoms with Crippen molar-refractivity contribution in [3.8, 4) is 0 Å². The van der Waals surface area contributed by atoms with Crippen molar-refractivity contribution in [3.63, 3.8) is 0 Å². The first-order valence-electron chi connectivity index (χ1n) is 9.68. The summed E-state index contributed by atoms with van der Waals surface area (Å²) in [4.78, 5) is 34.7. The minimum atomic E-state index is -0.615. The third kappa shape index (κ3) is 2.66. The summed E-state index contributed by atoms with van der Waals surface area (Å²) >= 11 is 0. The zero-order chi connectivity index (χ0) is 18.4. The molecule has 0 bridgehead atoms. The largest absolute Gasteiger partial charge is 0.455 e. The van der Waals surface area contributed by atoms with Gasteiger partial charge in [-0.05, 0) is 45.1 Å². The minimum Gasteiger partial charge on any atom is -0.455 e. The first-order valence-corrected chi connectivity index (χ1v) is 9.68. The van der Waals surface area contributed by atoms with Crippen LogP contribution in [0.25, 0.3) is 0 Å². The second kappa shape index (κ2) is 6.56. The van der Waals surface area contributed by atoms with Crippen LogP contribution in [-0.4, -0.2) is 32.8 Å². The lowest BCUT2D eigenvalue weighted by Crippen LogP contribution is -2.47. The van der Waals surface area contributed by atoms with E-state index in [1.165, 1.54) is 37.5 Å². The van der Waals surface area contributed by atoms with E-state index in [1.54, 1.807) is 6.33 Å². The number of aryl methyl sites for hydroxylation is 1. The van der Waals surface area contributed by atoms with Gasteiger partial charge in [-0.2, -0.15) is 0 Å². The number of aromatic amines is 1. The standard InChI is InChI=1S/C20H27N3O3/c1-11-14-6-4-5-7-17(14)23-16(11)9-8-15(20(23)25)19(26-13(3)24)18-12(2)21-10-22-18/h10,14-15,17,19H,4-9H2,1-3H3,(H,21,22). The molecule has 3 heterocycles. The molecule has 4 unspecified atom stereocenters. The topological polar surface area (TPSA) is 75.3 Å². The Morgan fingerprint density at radius 3 is 2.77 bits per heavy atom. The molecule has 0 spiro atoms. The van der Waals surface area contributed by atoms with E-state index in [0.29, 0.717) is 24.1 Å². The number of hydrogen-bond acceptors (Lipinski definition) is 4. The van der Waals surface area contributed by atoms with Gasteiger partial charge in [-0.25, -0.2) is 4.98 Å². The smallest absolute Gasteiger partial charge is 0.303 e. The van der Waals surface area contributed by atoms with Gasteiger partial charge < -0.3 is 14.6 Å². The Bertz CT molecular complexity index is 766. The maximum absolute atomic E-state index is 13.5. The average molecular weight is 357 g/mol. The van der Waals surface area contributed by atoms with E-state index in [0.717, 1.165) is 18.5 Å². The first-order chi connectivity index (χ1) is 12.5. The molecule has 140 valence electrons. The molecule has 0 aromatic carbocycles. The Labute approximate surface area is 154 Å². The Morgan fingerprint density at radius 2 is 2.08 bits per heavy atom. The molecular formula is C20H27N3O3. The molecule has 1 saturated heterocycles. The van der Waals surface area contributed by atoms with Gasteiger partial charge in [0, 0.05) is 30.3 Å². The third-order valence-electron chi connectivity index (χ3n) is 6.41. The highest BCUT2D eigenvalue weighted by Crippen LogP contribution is 2.48. The molecule has 1 aromatic heterocycles. The fourth-order valence-corrected chi connectivity index (χ4v) is 5.18. The fraction of sp³-hybridized carbons (Fsp3) is 0.650. The van der Waals surface area contributed by atoms with Crippen molar-refractivity contribution in [1.82, 2.24) is 14.9 Å². The summed E-state index contributed by atoms with van der Waals surface area (Å²) < 4.78 is 5.61. The number of ether oxygens (including phenoxy) is 1. The van der Waals surface area contributed by atoms with Crippen molar-refractivity contribution in [3.05, 3.63) is 29.0 Å². The van der Waals surface area contributed by atoms with Crippen molar-refractivity contribution in [1.29, 1.82) is 0 Å². The quantitative estimate of drug-likeness (QED) is 0.841. The maximum Gasteiger partial charge on any atom is 0.303 e. The summed E-state index contributed by atoms with van der Waals surface area (Å²) in [6.45, 7) is 5.49. The van der Waals surface area contributed by atoms with Crippen LogP contribution in [-0.2, 0) is 14.3 Å². The van der Waals surface area contributed by atoms with Gasteiger partial charge in [0.05, 0.1) is 12.2 Å². The highest BCUT2D eigenvalue weighted by Gasteiger charge is 2.49. The highest BCUT2D eigenvalue weighted by molar-refractivity contribution is 5.84. The van der Waals surface area contributed by atoms with Crippen LogP contribution in [0.1, 0.15) is 69.9 Å². The molecule has 6 nitrogen and oxygen atoms in total. The Balaban J connectivity index is 1.66. The minimum absolute atomic E-state index is 0.105. The maximum atomic E-state index is 13.5. The summed E-state index contributed by atoms with van der Waals surface area (Å²) in [5.74, 6) is -0.118. The van der Waals surface area contributed by atoms with E-state index < -0.39 is 6.10 Å². The predicted molar refractivity (Wildman–Crippen MR) is 95.8 cm³/mol. The molecule has 1 amide bonds. The normalized spacial score (nSPS) is 29.4. The van der Waals surface area contributed by atoms with Crippen molar-refractivity contribution >= 4 is 11.9 Å². The molecular weight excluding hydrogens is 330 g/mol. The van der Waals surface area contributed by atoms with E-state index >= 15 is 0 Å². The van der Waals surface area contributed by atoms with Crippen LogP contribution in [0.2, 0.25) is 0 Å². The van der Waals surface area contributed by atoms with Crippen molar-refractivity contribution in [2.75, 3.05) is 0 Å². The predicted octanol–water partition coefficient (Wildman–Crippen LogP) is 3.41. The van der Waals surface area contributed by atoms with Gasteiger partial charge in [0.15, 0.2) is 6.10 Å². The van der Waals surface area contributed by atoms with Crippen LogP contribution in [0.5, 0.6) is 0 Å². The molecule has 2 aliphatic heterocycles. The monoisotopic (exact) mass is 357 g/mol. The van der Waals surface area contributed by atoms with E-state index in [1.807, 2.05) is 6.92 Å². The number of nitrogens with zero attached hydrogens (tertiary/aromatic N) is 2. The lowest BCUT2D eigenvalue weighted by atomic mass is 9.82. The van der Waals surface area contributed by atoms with Gasteiger partial charge in [0.25, 0.3) is 0 Å². The van der Waals surface area contributed by atoms with Gasteiger partial charge in [0.1, 0.15) is 5.69 Å². The summed E-state index contributed by atoms with van der Waals surface area (Å²) in [5, 5.41) is 0. The number of allylic oxidation sites excluding steroid dienone is 1. The second-order valence-corrected chi connectivity index (χ2v) is 7.88. The third-order valence-corrected chi connectivity index (χ3v) is 6.41. The van der Waals surface area contributed by atoms with Crippen LogP contribution < -0.4 is 0 Å². The first kappa shape index (κ1) is 17.3. The molecule has 26 heavy (non-hydrogen) atoms. The molecule has 1 aromatic rings. The number of carbonyl (C=O) groups is 2. The Morgan fingerprint density at radius 1 is 1.31 bits per heavy atom. The number of H-pyrrole nitrogens is 1. The number of nitrogens with one attached hydrogen (secondary N) is 1. The van der Waals surface area contributed by atoms with Gasteiger partial charge >= 0.3 is 5.97 Å². The van der Waals surface area contributed by atoms with E-state index in [4.69, 9.17) is 4.74 Å². The van der Waals surface area contributed by atoms with Gasteiger partial charge in [0.2, 0.25) is 5.91 Å². The summed E-state index contributed by atoms with van der Waals surface area (Å²) in [5.41, 5.74) is 4.14. The molecule has 6 heteroatoms. The molecule has 4 atom stereocenters. The lowest BCUT2D eigenvalue weighted by molar-refractivity contribution is -0.157. The van der Waals surface area contributed by atoms with Crippen molar-refractivity contribution in [2.24, 2.45) is 11.8 Å². The number of fused-ring (bicyclic) bond motifs is 3. The van der Waals surface area contributed by atoms with Crippen molar-refractivity contribution in [2.45, 2.75) is 71.4 Å². The molecule has 4 rings (SSSR count). The van der Waals surface area contributed by atoms with Crippen LogP contribution in [0.3, 0.4) is 0 Å². The summed E-state index contributed by atoms with van der Waals surface area (Å²) in [6, 6.07) is 0.298. The average Bonchev–Trinajstić information content (AvgIpc) is 3.16. The number of piperidine rings is 1. The number of esters is 1. The molecule has 3 aliphatic rings. The fourth-order valence-electron chi connectivity index (χ4n) is 5.18. The number of hydrogen-bond donors (Lipinski definition) is 1. The molecule has 1 saturated carbocycles. The van der Waals surface area contributed by atoms with Crippen LogP contribution in [0, 0.1) is 18.8 Å². The number of imidazole rings is 1. The molecule has 1 N–H and O–H groups in total. The van der Waals surface area contributed by atoms with Gasteiger partial charge in [-0.15, -0.1) is 0 Å². The zero-order valence-electron chi connectivity index (χ0n) is 15.7. The molecule has 1 aliphatic carbocycles. The van der Waals surface area contributed by atoms with Crippen LogP contribution in [0.4, 0.5) is 0 Å². The number of amides is 1. The zero-order valence-corrected chi connectivity index (χ0v) is 15.7. The highest BCUT2D eigenvalue weighted by atomic mass is 16.5. The van der Waals surface area contributed by atoms with Gasteiger partial charge in [-0.3, -0.25) is 9.59 Å². The van der Waals surface area contributed by atoms with E-state index in [2.05, 4.69) is 21.8 Å². The number of aromatic nitrogens is 2. The van der Waals surface area contributed by atoms with Gasteiger partial charge in [-0.1, -0.05) is 12.8 Å². The van der Waals surface area contributed by atoms with Crippen LogP contribution in [0.15, 0.2) is 17.6 Å².